The molecule has 29 heavy (non-hydrogen) atoms. The van der Waals surface area contributed by atoms with E-state index in [1.165, 1.54) is 12.8 Å². The first-order valence-corrected chi connectivity index (χ1v) is 10.8. The molecule has 7 nitrogen and oxygen atoms in total. The van der Waals surface area contributed by atoms with Crippen LogP contribution in [-0.2, 0) is 9.59 Å². The highest BCUT2D eigenvalue weighted by Gasteiger charge is 2.52. The van der Waals surface area contributed by atoms with Crippen molar-refractivity contribution in [1.82, 2.24) is 20.0 Å². The van der Waals surface area contributed by atoms with Crippen LogP contribution in [0.5, 0.6) is 0 Å². The molecule has 0 radical (unpaired) electrons. The van der Waals surface area contributed by atoms with E-state index in [0.29, 0.717) is 37.9 Å². The summed E-state index contributed by atoms with van der Waals surface area (Å²) < 4.78 is 0. The number of carbonyl (C=O) groups excluding carboxylic acids is 3. The lowest BCUT2D eigenvalue weighted by atomic mass is 9.85. The highest BCUT2D eigenvalue weighted by atomic mass is 16.2. The van der Waals surface area contributed by atoms with Crippen LogP contribution in [0.15, 0.2) is 30.3 Å². The average Bonchev–Trinajstić information content (AvgIpc) is 3.38. The molecule has 0 unspecified atom stereocenters. The minimum Gasteiger partial charge on any atom is -0.338 e. The van der Waals surface area contributed by atoms with Crippen LogP contribution in [0.2, 0.25) is 0 Å². The Hall–Kier alpha value is -2.41. The fraction of sp³-hybridized carbons (Fsp3) is 0.591. The molecule has 0 atom stereocenters. The van der Waals surface area contributed by atoms with Gasteiger partial charge in [0.1, 0.15) is 5.54 Å². The Labute approximate surface area is 172 Å². The number of benzene rings is 1. The fourth-order valence-corrected chi connectivity index (χ4v) is 4.85. The summed E-state index contributed by atoms with van der Waals surface area (Å²) in [4.78, 5) is 44.2. The van der Waals surface area contributed by atoms with Gasteiger partial charge in [-0.1, -0.05) is 18.2 Å². The third-order valence-electron chi connectivity index (χ3n) is 6.60. The Balaban J connectivity index is 1.35. The van der Waals surface area contributed by atoms with Gasteiger partial charge >= 0.3 is 0 Å². The Kier molecular flexibility index (Phi) is 5.85. The van der Waals surface area contributed by atoms with Crippen molar-refractivity contribution in [3.05, 3.63) is 35.9 Å². The van der Waals surface area contributed by atoms with Gasteiger partial charge in [-0.05, 0) is 63.9 Å². The van der Waals surface area contributed by atoms with Gasteiger partial charge in [0.15, 0.2) is 0 Å². The molecule has 4 rings (SSSR count). The van der Waals surface area contributed by atoms with Crippen LogP contribution in [0.25, 0.3) is 0 Å². The van der Waals surface area contributed by atoms with Crippen LogP contribution in [0.1, 0.15) is 48.9 Å². The molecule has 0 saturated carbocycles. The van der Waals surface area contributed by atoms with Crippen molar-refractivity contribution < 1.29 is 14.4 Å². The summed E-state index contributed by atoms with van der Waals surface area (Å²) >= 11 is 0. The number of piperidine rings is 1. The van der Waals surface area contributed by atoms with Gasteiger partial charge in [0, 0.05) is 25.1 Å². The largest absolute Gasteiger partial charge is 0.338 e. The maximum absolute atomic E-state index is 12.9. The molecular formula is C22H30N4O3. The molecule has 3 amide bonds. The third-order valence-corrected chi connectivity index (χ3v) is 6.60. The normalized spacial score (nSPS) is 21.6. The fourth-order valence-electron chi connectivity index (χ4n) is 4.85. The van der Waals surface area contributed by atoms with Crippen molar-refractivity contribution in [3.8, 4) is 0 Å². The van der Waals surface area contributed by atoms with E-state index in [0.717, 1.165) is 26.1 Å². The lowest BCUT2D eigenvalue weighted by molar-refractivity contribution is -0.143. The molecule has 1 aromatic rings. The predicted octanol–water partition coefficient (Wildman–Crippen LogP) is 1.45. The molecular weight excluding hydrogens is 368 g/mol. The molecule has 0 bridgehead atoms. The van der Waals surface area contributed by atoms with Gasteiger partial charge in [-0.3, -0.25) is 14.4 Å². The molecule has 7 heteroatoms. The molecule has 1 aromatic carbocycles. The highest BCUT2D eigenvalue weighted by Crippen LogP contribution is 2.33. The number of likely N-dealkylation sites (tertiary alicyclic amines) is 2. The average molecular weight is 399 g/mol. The molecule has 0 aromatic heterocycles. The number of hydrogen-bond donors (Lipinski definition) is 1. The summed E-state index contributed by atoms with van der Waals surface area (Å²) in [6.07, 6.45) is 4.79. The maximum atomic E-state index is 12.9. The summed E-state index contributed by atoms with van der Waals surface area (Å²) in [6.45, 7) is 4.47. The van der Waals surface area contributed by atoms with E-state index in [4.69, 9.17) is 0 Å². The Morgan fingerprint density at radius 2 is 1.69 bits per heavy atom. The molecule has 3 aliphatic rings. The quantitative estimate of drug-likeness (QED) is 0.815. The number of nitrogens with zero attached hydrogens (tertiary/aromatic N) is 3. The second kappa shape index (κ2) is 8.53. The van der Waals surface area contributed by atoms with E-state index in [1.54, 1.807) is 9.80 Å². The molecule has 1 N–H and O–H groups in total. The SMILES string of the molecule is O=C(c1ccccc1)N1CCC2(CC1)C(=O)NCN2C(=O)CCCN1CCCC1. The van der Waals surface area contributed by atoms with Crippen LogP contribution in [0.3, 0.4) is 0 Å². The van der Waals surface area contributed by atoms with E-state index in [2.05, 4.69) is 10.2 Å². The molecule has 3 heterocycles. The first-order valence-electron chi connectivity index (χ1n) is 10.8. The zero-order valence-corrected chi connectivity index (χ0v) is 16.9. The first kappa shape index (κ1) is 19.9. The summed E-state index contributed by atoms with van der Waals surface area (Å²) in [5, 5.41) is 2.87. The van der Waals surface area contributed by atoms with E-state index >= 15 is 0 Å². The topological polar surface area (TPSA) is 73.0 Å². The van der Waals surface area contributed by atoms with Crippen molar-refractivity contribution in [2.75, 3.05) is 39.4 Å². The van der Waals surface area contributed by atoms with Gasteiger partial charge < -0.3 is 20.0 Å². The summed E-state index contributed by atoms with van der Waals surface area (Å²) in [6, 6.07) is 9.21. The third kappa shape index (κ3) is 4.01. The van der Waals surface area contributed by atoms with Gasteiger partial charge in [0.2, 0.25) is 11.8 Å². The molecule has 3 fully saturated rings. The van der Waals surface area contributed by atoms with E-state index < -0.39 is 5.54 Å². The Morgan fingerprint density at radius 1 is 1.00 bits per heavy atom. The molecule has 1 spiro atoms. The van der Waals surface area contributed by atoms with Gasteiger partial charge in [-0.25, -0.2) is 0 Å². The first-order chi connectivity index (χ1) is 14.1. The summed E-state index contributed by atoms with van der Waals surface area (Å²) in [5.41, 5.74) is -0.132. The lowest BCUT2D eigenvalue weighted by Gasteiger charge is -2.42. The van der Waals surface area contributed by atoms with E-state index in [1.807, 2.05) is 30.3 Å². The highest BCUT2D eigenvalue weighted by molar-refractivity contribution is 5.96. The smallest absolute Gasteiger partial charge is 0.253 e. The molecule has 3 aliphatic heterocycles. The van der Waals surface area contributed by atoms with Crippen LogP contribution in [0, 0.1) is 0 Å². The van der Waals surface area contributed by atoms with Gasteiger partial charge in [0.05, 0.1) is 6.67 Å². The number of amides is 3. The predicted molar refractivity (Wildman–Crippen MR) is 109 cm³/mol. The molecule has 0 aliphatic carbocycles. The van der Waals surface area contributed by atoms with Crippen molar-refractivity contribution in [1.29, 1.82) is 0 Å². The molecule has 156 valence electrons. The Bertz CT molecular complexity index is 753. The van der Waals surface area contributed by atoms with Crippen molar-refractivity contribution >= 4 is 17.7 Å². The lowest BCUT2D eigenvalue weighted by Crippen LogP contribution is -2.58. The van der Waals surface area contributed by atoms with Crippen LogP contribution < -0.4 is 5.32 Å². The maximum Gasteiger partial charge on any atom is 0.253 e. The monoisotopic (exact) mass is 398 g/mol. The second-order valence-corrected chi connectivity index (χ2v) is 8.33. The molecule has 3 saturated heterocycles. The second-order valence-electron chi connectivity index (χ2n) is 8.33. The van der Waals surface area contributed by atoms with Crippen LogP contribution in [-0.4, -0.2) is 77.4 Å². The van der Waals surface area contributed by atoms with Crippen molar-refractivity contribution in [2.24, 2.45) is 0 Å². The van der Waals surface area contributed by atoms with Crippen LogP contribution in [0.4, 0.5) is 0 Å². The summed E-state index contributed by atoms with van der Waals surface area (Å²) in [5.74, 6) is -0.0371. The van der Waals surface area contributed by atoms with Gasteiger partial charge in [-0.15, -0.1) is 0 Å². The van der Waals surface area contributed by atoms with Crippen molar-refractivity contribution in [2.45, 2.75) is 44.1 Å². The minimum atomic E-state index is -0.793. The number of carbonyl (C=O) groups is 3. The van der Waals surface area contributed by atoms with E-state index in [9.17, 15) is 14.4 Å². The minimum absolute atomic E-state index is 0.0117. The van der Waals surface area contributed by atoms with Gasteiger partial charge in [0.25, 0.3) is 5.91 Å². The van der Waals surface area contributed by atoms with Gasteiger partial charge in [-0.2, -0.15) is 0 Å². The summed E-state index contributed by atoms with van der Waals surface area (Å²) in [7, 11) is 0. The number of hydrogen-bond acceptors (Lipinski definition) is 4. The van der Waals surface area contributed by atoms with Crippen molar-refractivity contribution in [3.63, 3.8) is 0 Å². The zero-order valence-electron chi connectivity index (χ0n) is 16.9. The van der Waals surface area contributed by atoms with Crippen LogP contribution >= 0.6 is 0 Å². The number of rotatable bonds is 5. The standard InChI is InChI=1S/C22H30N4O3/c27-19(9-6-14-24-12-4-5-13-24)26-17-23-21(29)22(26)10-15-25(16-11-22)20(28)18-7-2-1-3-8-18/h1-3,7-8H,4-6,9-17H2,(H,23,29). The zero-order chi connectivity index (χ0) is 20.3. The Morgan fingerprint density at radius 3 is 2.38 bits per heavy atom. The number of nitrogens with one attached hydrogen (secondary N) is 1. The van der Waals surface area contributed by atoms with E-state index in [-0.39, 0.29) is 24.4 Å².